The number of hydrogen-bond acceptors (Lipinski definition) is 5. The van der Waals surface area contributed by atoms with Gasteiger partial charge < -0.3 is 10.1 Å². The van der Waals surface area contributed by atoms with Crippen LogP contribution in [0.25, 0.3) is 10.8 Å². The third-order valence-electron chi connectivity index (χ3n) is 4.98. The zero-order valence-electron chi connectivity index (χ0n) is 15.0. The van der Waals surface area contributed by atoms with Gasteiger partial charge in [-0.05, 0) is 31.7 Å². The number of esters is 1. The maximum absolute atomic E-state index is 12.5. The van der Waals surface area contributed by atoms with Gasteiger partial charge >= 0.3 is 5.97 Å². The monoisotopic (exact) mass is 357 g/mol. The first kappa shape index (κ1) is 18.1. The molecule has 3 rings (SSSR count). The van der Waals surface area contributed by atoms with Crippen molar-refractivity contribution in [1.29, 1.82) is 0 Å². The van der Waals surface area contributed by atoms with Crippen molar-refractivity contribution < 1.29 is 14.3 Å². The summed E-state index contributed by atoms with van der Waals surface area (Å²) in [6.07, 6.45) is 3.37. The second-order valence-corrected chi connectivity index (χ2v) is 6.87. The number of nitrogens with zero attached hydrogens (tertiary/aromatic N) is 1. The number of hydrogen-bond donors (Lipinski definition) is 2. The first-order chi connectivity index (χ1) is 12.5. The van der Waals surface area contributed by atoms with E-state index in [9.17, 15) is 14.4 Å². The van der Waals surface area contributed by atoms with E-state index < -0.39 is 12.1 Å². The van der Waals surface area contributed by atoms with E-state index >= 15 is 0 Å². The van der Waals surface area contributed by atoms with Crippen molar-refractivity contribution in [2.24, 2.45) is 5.92 Å². The second kappa shape index (κ2) is 7.68. The normalized spacial score (nSPS) is 21.2. The lowest BCUT2D eigenvalue weighted by molar-refractivity contribution is -0.130. The van der Waals surface area contributed by atoms with Crippen LogP contribution in [-0.2, 0) is 9.53 Å². The van der Waals surface area contributed by atoms with Gasteiger partial charge in [-0.1, -0.05) is 38.0 Å². The van der Waals surface area contributed by atoms with Crippen molar-refractivity contribution in [3.05, 3.63) is 40.3 Å². The van der Waals surface area contributed by atoms with E-state index in [0.29, 0.717) is 16.7 Å². The first-order valence-corrected chi connectivity index (χ1v) is 8.96. The molecule has 1 aromatic heterocycles. The minimum atomic E-state index is -0.941. The van der Waals surface area contributed by atoms with E-state index in [4.69, 9.17) is 4.74 Å². The summed E-state index contributed by atoms with van der Waals surface area (Å²) in [6.45, 7) is 3.66. The van der Waals surface area contributed by atoms with Crippen molar-refractivity contribution >= 4 is 22.6 Å². The number of H-pyrrole nitrogens is 1. The Hall–Kier alpha value is -2.70. The third kappa shape index (κ3) is 3.76. The van der Waals surface area contributed by atoms with Crippen LogP contribution < -0.4 is 10.9 Å². The SMILES string of the molecule is C[C@@H](OC(=O)c1n[nH]c(=O)c2ccccc12)C(=O)N[C@@H]1CCCC[C@@H]1C. The highest BCUT2D eigenvalue weighted by atomic mass is 16.5. The van der Waals surface area contributed by atoms with Crippen LogP contribution in [0.1, 0.15) is 50.0 Å². The zero-order valence-corrected chi connectivity index (χ0v) is 15.0. The second-order valence-electron chi connectivity index (χ2n) is 6.87. The lowest BCUT2D eigenvalue weighted by Crippen LogP contribution is -2.46. The number of rotatable bonds is 4. The molecule has 1 saturated carbocycles. The summed E-state index contributed by atoms with van der Waals surface area (Å²) in [5, 5.41) is 9.82. The minimum absolute atomic E-state index is 0.00844. The van der Waals surface area contributed by atoms with Crippen LogP contribution in [0.2, 0.25) is 0 Å². The maximum Gasteiger partial charge on any atom is 0.360 e. The number of carbonyl (C=O) groups is 2. The Bertz CT molecular complexity index is 876. The molecule has 138 valence electrons. The summed E-state index contributed by atoms with van der Waals surface area (Å²) >= 11 is 0. The number of nitrogens with one attached hydrogen (secondary N) is 2. The molecule has 0 spiro atoms. The van der Waals surface area contributed by atoms with Crippen molar-refractivity contribution in [2.75, 3.05) is 0 Å². The summed E-state index contributed by atoms with van der Waals surface area (Å²) in [6, 6.07) is 6.76. The van der Waals surface area contributed by atoms with E-state index in [0.717, 1.165) is 19.3 Å². The predicted octanol–water partition coefficient (Wildman–Crippen LogP) is 2.16. The van der Waals surface area contributed by atoms with Crippen LogP contribution in [0.5, 0.6) is 0 Å². The van der Waals surface area contributed by atoms with Crippen LogP contribution in [-0.4, -0.2) is 34.2 Å². The lowest BCUT2D eigenvalue weighted by atomic mass is 9.86. The Morgan fingerprint density at radius 1 is 1.23 bits per heavy atom. The van der Waals surface area contributed by atoms with Gasteiger partial charge in [-0.25, -0.2) is 9.89 Å². The molecule has 1 fully saturated rings. The molecule has 1 aromatic carbocycles. The van der Waals surface area contributed by atoms with Gasteiger partial charge in [0.1, 0.15) is 0 Å². The van der Waals surface area contributed by atoms with Gasteiger partial charge in [-0.3, -0.25) is 9.59 Å². The van der Waals surface area contributed by atoms with E-state index in [1.165, 1.54) is 13.3 Å². The molecule has 1 aliphatic carbocycles. The van der Waals surface area contributed by atoms with Gasteiger partial charge in [0, 0.05) is 11.4 Å². The van der Waals surface area contributed by atoms with Crippen molar-refractivity contribution in [2.45, 2.75) is 51.7 Å². The fourth-order valence-electron chi connectivity index (χ4n) is 3.37. The smallest absolute Gasteiger partial charge is 0.360 e. The first-order valence-electron chi connectivity index (χ1n) is 8.96. The highest BCUT2D eigenvalue weighted by molar-refractivity contribution is 6.02. The zero-order chi connectivity index (χ0) is 18.7. The van der Waals surface area contributed by atoms with Crippen molar-refractivity contribution in [3.8, 4) is 0 Å². The van der Waals surface area contributed by atoms with Crippen LogP contribution in [0.4, 0.5) is 0 Å². The Labute approximate surface area is 151 Å². The summed E-state index contributed by atoms with van der Waals surface area (Å²) in [7, 11) is 0. The molecule has 7 nitrogen and oxygen atoms in total. The molecule has 2 N–H and O–H groups in total. The fourth-order valence-corrected chi connectivity index (χ4v) is 3.37. The topological polar surface area (TPSA) is 101 Å². The highest BCUT2D eigenvalue weighted by Crippen LogP contribution is 2.24. The number of benzene rings is 1. The molecule has 0 radical (unpaired) electrons. The number of amides is 1. The van der Waals surface area contributed by atoms with E-state index in [-0.39, 0.29) is 23.2 Å². The quantitative estimate of drug-likeness (QED) is 0.817. The number of carbonyl (C=O) groups excluding carboxylic acids is 2. The molecule has 7 heteroatoms. The summed E-state index contributed by atoms with van der Waals surface area (Å²) in [5.74, 6) is -0.636. The Kier molecular flexibility index (Phi) is 5.35. The summed E-state index contributed by atoms with van der Waals surface area (Å²) in [4.78, 5) is 36.6. The van der Waals surface area contributed by atoms with Gasteiger partial charge in [-0.2, -0.15) is 5.10 Å². The molecule has 0 bridgehead atoms. The molecule has 3 atom stereocenters. The molecule has 1 amide bonds. The minimum Gasteiger partial charge on any atom is -0.448 e. The summed E-state index contributed by atoms with van der Waals surface area (Å²) < 4.78 is 5.29. The Morgan fingerprint density at radius 3 is 2.65 bits per heavy atom. The standard InChI is InChI=1S/C19H23N3O4/c1-11-7-3-6-10-15(11)20-17(23)12(2)26-19(25)16-13-8-4-5-9-14(13)18(24)22-21-16/h4-5,8-9,11-12,15H,3,6-7,10H2,1-2H3,(H,20,23)(H,22,24)/t11-,12+,15+/m0/s1. The van der Waals surface area contributed by atoms with Gasteiger partial charge in [-0.15, -0.1) is 0 Å². The van der Waals surface area contributed by atoms with Crippen molar-refractivity contribution in [3.63, 3.8) is 0 Å². The third-order valence-corrected chi connectivity index (χ3v) is 4.98. The average molecular weight is 357 g/mol. The number of aromatic nitrogens is 2. The number of fused-ring (bicyclic) bond motifs is 1. The molecule has 0 aliphatic heterocycles. The molecular formula is C19H23N3O4. The van der Waals surface area contributed by atoms with Crippen LogP contribution >= 0.6 is 0 Å². The molecule has 2 aromatic rings. The van der Waals surface area contributed by atoms with E-state index in [1.54, 1.807) is 24.3 Å². The predicted molar refractivity (Wildman–Crippen MR) is 96.8 cm³/mol. The van der Waals surface area contributed by atoms with Gasteiger partial charge in [0.25, 0.3) is 11.5 Å². The van der Waals surface area contributed by atoms with Gasteiger partial charge in [0.15, 0.2) is 11.8 Å². The van der Waals surface area contributed by atoms with Crippen LogP contribution in [0.3, 0.4) is 0 Å². The van der Waals surface area contributed by atoms with Crippen molar-refractivity contribution in [1.82, 2.24) is 15.5 Å². The maximum atomic E-state index is 12.5. The highest BCUT2D eigenvalue weighted by Gasteiger charge is 2.27. The molecule has 1 heterocycles. The Balaban J connectivity index is 1.70. The number of ether oxygens (including phenoxy) is 1. The molecule has 26 heavy (non-hydrogen) atoms. The summed E-state index contributed by atoms with van der Waals surface area (Å²) in [5.41, 5.74) is -0.389. The molecule has 0 saturated heterocycles. The number of aromatic amines is 1. The van der Waals surface area contributed by atoms with E-state index in [2.05, 4.69) is 22.4 Å². The molecular weight excluding hydrogens is 334 g/mol. The fraction of sp³-hybridized carbons (Fsp3) is 0.474. The molecule has 1 aliphatic rings. The largest absolute Gasteiger partial charge is 0.448 e. The van der Waals surface area contributed by atoms with Gasteiger partial charge in [0.2, 0.25) is 0 Å². The molecule has 0 unspecified atom stereocenters. The van der Waals surface area contributed by atoms with Crippen LogP contribution in [0.15, 0.2) is 29.1 Å². The van der Waals surface area contributed by atoms with E-state index in [1.807, 2.05) is 0 Å². The Morgan fingerprint density at radius 2 is 1.92 bits per heavy atom. The average Bonchev–Trinajstić information content (AvgIpc) is 2.64. The van der Waals surface area contributed by atoms with Crippen LogP contribution in [0, 0.1) is 5.92 Å². The lowest BCUT2D eigenvalue weighted by Gasteiger charge is -2.30. The van der Waals surface area contributed by atoms with Gasteiger partial charge in [0.05, 0.1) is 5.39 Å².